The molecule has 0 radical (unpaired) electrons. The van der Waals surface area contributed by atoms with Crippen molar-refractivity contribution in [3.63, 3.8) is 0 Å². The molecule has 0 atom stereocenters. The van der Waals surface area contributed by atoms with E-state index in [-0.39, 0.29) is 24.0 Å². The van der Waals surface area contributed by atoms with Crippen molar-refractivity contribution in [1.82, 2.24) is 0 Å². The highest BCUT2D eigenvalue weighted by atomic mass is 35.5. The molecule has 6 heteroatoms. The van der Waals surface area contributed by atoms with Gasteiger partial charge >= 0.3 is 6.18 Å². The van der Waals surface area contributed by atoms with Crippen LogP contribution in [-0.2, 0) is 12.7 Å². The lowest BCUT2D eigenvalue weighted by Crippen LogP contribution is -2.07. The Bertz CT molecular complexity index is 312. The van der Waals surface area contributed by atoms with Gasteiger partial charge in [0.05, 0.1) is 5.56 Å². The van der Waals surface area contributed by atoms with Crippen LogP contribution in [0.2, 0.25) is 5.02 Å². The molecule has 0 amide bonds. The zero-order valence-electron chi connectivity index (χ0n) is 6.94. The summed E-state index contributed by atoms with van der Waals surface area (Å²) >= 11 is 5.48. The Morgan fingerprint density at radius 3 is 2.21 bits per heavy atom. The predicted molar refractivity (Wildman–Crippen MR) is 51.6 cm³/mol. The van der Waals surface area contributed by atoms with E-state index in [4.69, 9.17) is 17.3 Å². The lowest BCUT2D eigenvalue weighted by molar-refractivity contribution is -0.137. The minimum absolute atomic E-state index is 0. The summed E-state index contributed by atoms with van der Waals surface area (Å²) in [6, 6.07) is 3.28. The highest BCUT2D eigenvalue weighted by Gasteiger charge is 2.30. The van der Waals surface area contributed by atoms with Crippen molar-refractivity contribution in [2.75, 3.05) is 0 Å². The first-order chi connectivity index (χ1) is 5.93. The van der Waals surface area contributed by atoms with Gasteiger partial charge in [-0.2, -0.15) is 13.2 Å². The zero-order valence-corrected chi connectivity index (χ0v) is 8.51. The molecule has 14 heavy (non-hydrogen) atoms. The Labute approximate surface area is 90.5 Å². The highest BCUT2D eigenvalue weighted by molar-refractivity contribution is 6.30. The normalized spacial score (nSPS) is 10.9. The van der Waals surface area contributed by atoms with Gasteiger partial charge in [-0.1, -0.05) is 11.6 Å². The zero-order chi connectivity index (χ0) is 10.1. The Morgan fingerprint density at radius 2 is 1.79 bits per heavy atom. The van der Waals surface area contributed by atoms with Crippen molar-refractivity contribution in [2.24, 2.45) is 5.73 Å². The van der Waals surface area contributed by atoms with Crippen LogP contribution in [0.4, 0.5) is 13.2 Å². The Hall–Kier alpha value is -0.450. The first-order valence-corrected chi connectivity index (χ1v) is 3.88. The number of benzene rings is 1. The standard InChI is InChI=1S/C8H7ClF3N.ClH/c9-7-2-5(4-13)1-6(3-7)8(10,11)12;/h1-3H,4,13H2;1H. The lowest BCUT2D eigenvalue weighted by atomic mass is 10.1. The maximum atomic E-state index is 12.2. The van der Waals surface area contributed by atoms with E-state index in [9.17, 15) is 13.2 Å². The number of alkyl halides is 3. The Morgan fingerprint density at radius 1 is 1.21 bits per heavy atom. The van der Waals surface area contributed by atoms with Crippen molar-refractivity contribution >= 4 is 24.0 Å². The van der Waals surface area contributed by atoms with Crippen molar-refractivity contribution < 1.29 is 13.2 Å². The fourth-order valence-corrected chi connectivity index (χ4v) is 1.19. The van der Waals surface area contributed by atoms with E-state index in [0.29, 0.717) is 5.56 Å². The SMILES string of the molecule is Cl.NCc1cc(Cl)cc(C(F)(F)F)c1. The minimum atomic E-state index is -4.37. The Balaban J connectivity index is 0.00000169. The first kappa shape index (κ1) is 13.5. The van der Waals surface area contributed by atoms with Crippen LogP contribution in [0.15, 0.2) is 18.2 Å². The maximum absolute atomic E-state index is 12.2. The van der Waals surface area contributed by atoms with E-state index in [1.54, 1.807) is 0 Å². The smallest absolute Gasteiger partial charge is 0.326 e. The Kier molecular flexibility index (Phi) is 4.71. The summed E-state index contributed by atoms with van der Waals surface area (Å²) in [5.41, 5.74) is 4.82. The molecule has 0 spiro atoms. The average molecular weight is 246 g/mol. The molecule has 1 aromatic carbocycles. The van der Waals surface area contributed by atoms with Gasteiger partial charge in [-0.25, -0.2) is 0 Å². The van der Waals surface area contributed by atoms with E-state index >= 15 is 0 Å². The molecule has 2 N–H and O–H groups in total. The van der Waals surface area contributed by atoms with Gasteiger partial charge in [0.25, 0.3) is 0 Å². The number of hydrogen-bond acceptors (Lipinski definition) is 1. The molecule has 0 aliphatic rings. The van der Waals surface area contributed by atoms with Crippen LogP contribution in [0.25, 0.3) is 0 Å². The average Bonchev–Trinajstić information content (AvgIpc) is 2.01. The van der Waals surface area contributed by atoms with Crippen LogP contribution in [0.1, 0.15) is 11.1 Å². The second-order valence-corrected chi connectivity index (χ2v) is 2.99. The van der Waals surface area contributed by atoms with Crippen LogP contribution in [0, 0.1) is 0 Å². The molecule has 1 rings (SSSR count). The van der Waals surface area contributed by atoms with E-state index in [2.05, 4.69) is 0 Å². The molecule has 0 aliphatic heterocycles. The topological polar surface area (TPSA) is 26.0 Å². The summed E-state index contributed by atoms with van der Waals surface area (Å²) in [5.74, 6) is 0. The van der Waals surface area contributed by atoms with Gasteiger partial charge in [0.15, 0.2) is 0 Å². The third-order valence-corrected chi connectivity index (χ3v) is 1.74. The van der Waals surface area contributed by atoms with Crippen LogP contribution < -0.4 is 5.73 Å². The molecule has 0 saturated heterocycles. The summed E-state index contributed by atoms with van der Waals surface area (Å²) < 4.78 is 36.6. The molecule has 0 saturated carbocycles. The van der Waals surface area contributed by atoms with Crippen molar-refractivity contribution in [2.45, 2.75) is 12.7 Å². The number of nitrogens with two attached hydrogens (primary N) is 1. The van der Waals surface area contributed by atoms with E-state index in [0.717, 1.165) is 12.1 Å². The fraction of sp³-hybridized carbons (Fsp3) is 0.250. The van der Waals surface area contributed by atoms with Gasteiger partial charge in [0.2, 0.25) is 0 Å². The second-order valence-electron chi connectivity index (χ2n) is 2.55. The molecule has 0 bridgehead atoms. The highest BCUT2D eigenvalue weighted by Crippen LogP contribution is 2.31. The summed E-state index contributed by atoms with van der Waals surface area (Å²) in [5, 5.41) is 0.0512. The van der Waals surface area contributed by atoms with E-state index in [1.165, 1.54) is 6.07 Å². The van der Waals surface area contributed by atoms with Crippen molar-refractivity contribution in [1.29, 1.82) is 0 Å². The summed E-state index contributed by atoms with van der Waals surface area (Å²) in [6.07, 6.45) is -4.37. The molecule has 0 aliphatic carbocycles. The van der Waals surface area contributed by atoms with Crippen LogP contribution in [0.5, 0.6) is 0 Å². The van der Waals surface area contributed by atoms with Crippen molar-refractivity contribution in [3.8, 4) is 0 Å². The van der Waals surface area contributed by atoms with Gasteiger partial charge in [0.1, 0.15) is 0 Å². The number of rotatable bonds is 1. The largest absolute Gasteiger partial charge is 0.416 e. The molecule has 0 unspecified atom stereocenters. The van der Waals surface area contributed by atoms with Crippen LogP contribution >= 0.6 is 24.0 Å². The van der Waals surface area contributed by atoms with Gasteiger partial charge in [-0.05, 0) is 23.8 Å². The summed E-state index contributed by atoms with van der Waals surface area (Å²) in [7, 11) is 0. The molecule has 0 fully saturated rings. The molecule has 0 heterocycles. The molecule has 1 nitrogen and oxygen atoms in total. The van der Waals surface area contributed by atoms with Gasteiger partial charge < -0.3 is 5.73 Å². The second kappa shape index (κ2) is 4.87. The maximum Gasteiger partial charge on any atom is 0.416 e. The van der Waals surface area contributed by atoms with Crippen LogP contribution in [0.3, 0.4) is 0 Å². The molecule has 80 valence electrons. The molecular weight excluding hydrogens is 238 g/mol. The third-order valence-electron chi connectivity index (χ3n) is 1.52. The molecular formula is C8H8Cl2F3N. The van der Waals surface area contributed by atoms with Crippen LogP contribution in [-0.4, -0.2) is 0 Å². The number of hydrogen-bond donors (Lipinski definition) is 1. The first-order valence-electron chi connectivity index (χ1n) is 3.50. The van der Waals surface area contributed by atoms with Gasteiger partial charge in [-0.15, -0.1) is 12.4 Å². The number of halogens is 5. The quantitative estimate of drug-likeness (QED) is 0.808. The van der Waals surface area contributed by atoms with Crippen molar-refractivity contribution in [3.05, 3.63) is 34.3 Å². The lowest BCUT2D eigenvalue weighted by Gasteiger charge is -2.08. The third kappa shape index (κ3) is 3.36. The van der Waals surface area contributed by atoms with Gasteiger partial charge in [-0.3, -0.25) is 0 Å². The van der Waals surface area contributed by atoms with E-state index in [1.807, 2.05) is 0 Å². The summed E-state index contributed by atoms with van der Waals surface area (Å²) in [6.45, 7) is 0.0453. The predicted octanol–water partition coefficient (Wildman–Crippen LogP) is 3.24. The monoisotopic (exact) mass is 245 g/mol. The fourth-order valence-electron chi connectivity index (χ4n) is 0.932. The molecule has 1 aromatic rings. The summed E-state index contributed by atoms with van der Waals surface area (Å²) in [4.78, 5) is 0. The molecule has 0 aromatic heterocycles. The minimum Gasteiger partial charge on any atom is -0.326 e. The van der Waals surface area contributed by atoms with Gasteiger partial charge in [0, 0.05) is 11.6 Å². The van der Waals surface area contributed by atoms with E-state index < -0.39 is 11.7 Å².